The fraction of sp³-hybridized carbons (Fsp3) is 0.286. The highest BCUT2D eigenvalue weighted by molar-refractivity contribution is 5.91. The van der Waals surface area contributed by atoms with Gasteiger partial charge < -0.3 is 19.9 Å². The van der Waals surface area contributed by atoms with E-state index in [2.05, 4.69) is 5.32 Å². The van der Waals surface area contributed by atoms with Gasteiger partial charge in [0, 0.05) is 12.6 Å². The molecular formula is C14H16FNO5. The molecule has 0 saturated carbocycles. The minimum Gasteiger partial charge on any atom is -0.494 e. The van der Waals surface area contributed by atoms with Crippen LogP contribution in [-0.4, -0.2) is 43.9 Å². The fourth-order valence-corrected chi connectivity index (χ4v) is 1.42. The molecule has 0 aliphatic carbocycles. The molecule has 0 atom stereocenters. The third-order valence-electron chi connectivity index (χ3n) is 2.37. The average molecular weight is 297 g/mol. The van der Waals surface area contributed by atoms with Gasteiger partial charge in [-0.15, -0.1) is 0 Å². The average Bonchev–Trinajstić information content (AvgIpc) is 2.44. The molecule has 0 spiro atoms. The van der Waals surface area contributed by atoms with E-state index in [0.717, 1.165) is 0 Å². The second-order valence-electron chi connectivity index (χ2n) is 3.96. The van der Waals surface area contributed by atoms with Gasteiger partial charge in [0.25, 0.3) is 0 Å². The van der Waals surface area contributed by atoms with Crippen LogP contribution in [-0.2, 0) is 14.3 Å². The normalized spacial score (nSPS) is 10.6. The molecule has 1 aromatic carbocycles. The Hall–Kier alpha value is -2.41. The quantitative estimate of drug-likeness (QED) is 0.554. The van der Waals surface area contributed by atoms with E-state index in [0.29, 0.717) is 5.56 Å². The molecule has 114 valence electrons. The lowest BCUT2D eigenvalue weighted by molar-refractivity contribution is -0.142. The van der Waals surface area contributed by atoms with Crippen molar-refractivity contribution >= 4 is 18.0 Å². The number of benzene rings is 1. The second kappa shape index (κ2) is 8.70. The zero-order valence-electron chi connectivity index (χ0n) is 11.5. The van der Waals surface area contributed by atoms with Gasteiger partial charge >= 0.3 is 5.97 Å². The van der Waals surface area contributed by atoms with Crippen LogP contribution in [0.15, 0.2) is 24.3 Å². The Morgan fingerprint density at radius 3 is 2.81 bits per heavy atom. The number of aliphatic carboxylic acids is 1. The van der Waals surface area contributed by atoms with E-state index in [1.165, 1.54) is 31.4 Å². The third-order valence-corrected chi connectivity index (χ3v) is 2.37. The fourth-order valence-electron chi connectivity index (χ4n) is 1.42. The predicted molar refractivity (Wildman–Crippen MR) is 73.5 cm³/mol. The van der Waals surface area contributed by atoms with Gasteiger partial charge in [-0.1, -0.05) is 6.07 Å². The monoisotopic (exact) mass is 297 g/mol. The first-order valence-corrected chi connectivity index (χ1v) is 6.12. The smallest absolute Gasteiger partial charge is 0.329 e. The Balaban J connectivity index is 2.36. The van der Waals surface area contributed by atoms with Crippen LogP contribution in [0.2, 0.25) is 0 Å². The number of rotatable bonds is 8. The minimum absolute atomic E-state index is 0.100. The Morgan fingerprint density at radius 2 is 2.19 bits per heavy atom. The highest BCUT2D eigenvalue weighted by Crippen LogP contribution is 2.18. The van der Waals surface area contributed by atoms with Crippen LogP contribution in [0.5, 0.6) is 5.75 Å². The van der Waals surface area contributed by atoms with Crippen molar-refractivity contribution in [3.05, 3.63) is 35.7 Å². The van der Waals surface area contributed by atoms with E-state index in [1.54, 1.807) is 6.07 Å². The first kappa shape index (κ1) is 16.6. The first-order valence-electron chi connectivity index (χ1n) is 6.12. The zero-order valence-corrected chi connectivity index (χ0v) is 11.5. The van der Waals surface area contributed by atoms with Gasteiger partial charge in [0.05, 0.1) is 13.7 Å². The van der Waals surface area contributed by atoms with Crippen LogP contribution >= 0.6 is 0 Å². The number of halogens is 1. The largest absolute Gasteiger partial charge is 0.494 e. The van der Waals surface area contributed by atoms with Crippen molar-refractivity contribution in [1.82, 2.24) is 5.32 Å². The van der Waals surface area contributed by atoms with Crippen LogP contribution in [0.1, 0.15) is 5.56 Å². The number of hydrogen-bond donors (Lipinski definition) is 2. The van der Waals surface area contributed by atoms with Gasteiger partial charge in [0.2, 0.25) is 5.91 Å². The number of carboxylic acid groups (broad SMARTS) is 1. The summed E-state index contributed by atoms with van der Waals surface area (Å²) < 4.78 is 22.9. The standard InChI is InChI=1S/C14H16FNO5/c1-20-12-4-2-10(8-11(12)15)3-5-13(17)16-6-7-21-9-14(18)19/h2-5,8H,6-7,9H2,1H3,(H,16,17)(H,18,19). The summed E-state index contributed by atoms with van der Waals surface area (Å²) in [6, 6.07) is 4.33. The summed E-state index contributed by atoms with van der Waals surface area (Å²) in [6.45, 7) is -0.118. The van der Waals surface area contributed by atoms with Gasteiger partial charge in [0.1, 0.15) is 6.61 Å². The maximum atomic E-state index is 13.4. The maximum Gasteiger partial charge on any atom is 0.329 e. The Bertz CT molecular complexity index is 530. The van der Waals surface area contributed by atoms with Crippen LogP contribution in [0.4, 0.5) is 4.39 Å². The number of nitrogens with one attached hydrogen (secondary N) is 1. The van der Waals surface area contributed by atoms with Gasteiger partial charge in [-0.2, -0.15) is 0 Å². The second-order valence-corrected chi connectivity index (χ2v) is 3.96. The van der Waals surface area contributed by atoms with Gasteiger partial charge in [-0.05, 0) is 23.8 Å². The summed E-state index contributed by atoms with van der Waals surface area (Å²) in [6.07, 6.45) is 2.70. The number of carbonyl (C=O) groups is 2. The van der Waals surface area contributed by atoms with Crippen LogP contribution < -0.4 is 10.1 Å². The Morgan fingerprint density at radius 1 is 1.43 bits per heavy atom. The molecule has 0 saturated heterocycles. The predicted octanol–water partition coefficient (Wildman–Crippen LogP) is 1.06. The summed E-state index contributed by atoms with van der Waals surface area (Å²) in [7, 11) is 1.37. The zero-order chi connectivity index (χ0) is 15.7. The van der Waals surface area contributed by atoms with Crippen LogP contribution in [0.25, 0.3) is 6.08 Å². The molecule has 2 N–H and O–H groups in total. The molecule has 0 heterocycles. The number of carboxylic acids is 1. The van der Waals surface area contributed by atoms with E-state index < -0.39 is 18.4 Å². The summed E-state index contributed by atoms with van der Waals surface area (Å²) in [5.74, 6) is -1.83. The topological polar surface area (TPSA) is 84.9 Å². The number of ether oxygens (including phenoxy) is 2. The van der Waals surface area contributed by atoms with Crippen molar-refractivity contribution in [2.75, 3.05) is 26.9 Å². The van der Waals surface area contributed by atoms with Crippen molar-refractivity contribution in [3.8, 4) is 5.75 Å². The summed E-state index contributed by atoms with van der Waals surface area (Å²) in [5, 5.41) is 10.8. The lowest BCUT2D eigenvalue weighted by Crippen LogP contribution is -2.26. The van der Waals surface area contributed by atoms with Gasteiger partial charge in [0.15, 0.2) is 11.6 Å². The van der Waals surface area contributed by atoms with E-state index in [4.69, 9.17) is 14.6 Å². The van der Waals surface area contributed by atoms with E-state index in [-0.39, 0.29) is 24.8 Å². The molecule has 0 aromatic heterocycles. The molecule has 0 bridgehead atoms. The Kier molecular flexibility index (Phi) is 6.90. The van der Waals surface area contributed by atoms with Gasteiger partial charge in [-0.25, -0.2) is 9.18 Å². The number of carbonyl (C=O) groups excluding carboxylic acids is 1. The lowest BCUT2D eigenvalue weighted by Gasteiger charge is -2.03. The highest BCUT2D eigenvalue weighted by Gasteiger charge is 2.02. The summed E-state index contributed by atoms with van der Waals surface area (Å²) in [5.41, 5.74) is 0.519. The molecular weight excluding hydrogens is 281 g/mol. The van der Waals surface area contributed by atoms with E-state index >= 15 is 0 Å². The van der Waals surface area contributed by atoms with Crippen LogP contribution in [0.3, 0.4) is 0 Å². The van der Waals surface area contributed by atoms with Gasteiger partial charge in [-0.3, -0.25) is 4.79 Å². The first-order chi connectivity index (χ1) is 10.0. The molecule has 1 rings (SSSR count). The SMILES string of the molecule is COc1ccc(C=CC(=O)NCCOCC(=O)O)cc1F. The number of amides is 1. The van der Waals surface area contributed by atoms with Crippen molar-refractivity contribution < 1.29 is 28.6 Å². The van der Waals surface area contributed by atoms with E-state index in [9.17, 15) is 14.0 Å². The van der Waals surface area contributed by atoms with Crippen LogP contribution in [0, 0.1) is 5.82 Å². The number of methoxy groups -OCH3 is 1. The van der Waals surface area contributed by atoms with Crippen molar-refractivity contribution in [2.24, 2.45) is 0 Å². The molecule has 0 aliphatic heterocycles. The molecule has 1 amide bonds. The maximum absolute atomic E-state index is 13.4. The van der Waals surface area contributed by atoms with Crippen molar-refractivity contribution in [1.29, 1.82) is 0 Å². The van der Waals surface area contributed by atoms with Crippen molar-refractivity contribution in [3.63, 3.8) is 0 Å². The summed E-state index contributed by atoms with van der Waals surface area (Å²) in [4.78, 5) is 21.6. The molecule has 0 unspecified atom stereocenters. The molecule has 0 aliphatic rings. The Labute approximate surface area is 121 Å². The molecule has 1 aromatic rings. The highest BCUT2D eigenvalue weighted by atomic mass is 19.1. The minimum atomic E-state index is -1.07. The summed E-state index contributed by atoms with van der Waals surface area (Å²) >= 11 is 0. The van der Waals surface area contributed by atoms with Crippen molar-refractivity contribution in [2.45, 2.75) is 0 Å². The lowest BCUT2D eigenvalue weighted by atomic mass is 10.2. The molecule has 0 radical (unpaired) electrons. The third kappa shape index (κ3) is 6.53. The molecule has 7 heteroatoms. The van der Waals surface area contributed by atoms with E-state index in [1.807, 2.05) is 0 Å². The number of hydrogen-bond acceptors (Lipinski definition) is 4. The molecule has 21 heavy (non-hydrogen) atoms. The molecule has 6 nitrogen and oxygen atoms in total. The molecule has 0 fully saturated rings.